The number of aromatic nitrogens is 1. The number of nitrogens with one attached hydrogen (secondary N) is 2. The molecule has 1 atom stereocenters. The lowest BCUT2D eigenvalue weighted by atomic mass is 10.2. The third kappa shape index (κ3) is 4.69. The van der Waals surface area contributed by atoms with Gasteiger partial charge in [0.15, 0.2) is 0 Å². The van der Waals surface area contributed by atoms with Gasteiger partial charge in [-0.15, -0.1) is 0 Å². The Morgan fingerprint density at radius 2 is 2.12 bits per heavy atom. The first kappa shape index (κ1) is 16.7. The highest BCUT2D eigenvalue weighted by atomic mass is 35.5. The Balaban J connectivity index is 1.54. The third-order valence-corrected chi connectivity index (χ3v) is 4.18. The van der Waals surface area contributed by atoms with E-state index in [-0.39, 0.29) is 12.0 Å². The minimum Gasteiger partial charge on any atom is -0.381 e. The van der Waals surface area contributed by atoms with Crippen molar-refractivity contribution >= 4 is 23.2 Å². The van der Waals surface area contributed by atoms with Gasteiger partial charge in [0.25, 0.3) is 5.91 Å². The molecule has 0 radical (unpaired) electrons. The zero-order chi connectivity index (χ0) is 16.8. The van der Waals surface area contributed by atoms with Crippen molar-refractivity contribution in [3.05, 3.63) is 58.9 Å². The fourth-order valence-electron chi connectivity index (χ4n) is 2.58. The normalized spacial score (nSPS) is 16.8. The maximum atomic E-state index is 12.3. The van der Waals surface area contributed by atoms with Gasteiger partial charge in [-0.05, 0) is 36.6 Å². The van der Waals surface area contributed by atoms with Gasteiger partial charge >= 0.3 is 0 Å². The molecule has 2 heterocycles. The second kappa shape index (κ2) is 8.13. The Bertz CT molecular complexity index is 685. The van der Waals surface area contributed by atoms with E-state index in [0.29, 0.717) is 17.1 Å². The van der Waals surface area contributed by atoms with Gasteiger partial charge in [-0.2, -0.15) is 0 Å². The van der Waals surface area contributed by atoms with Gasteiger partial charge in [0, 0.05) is 37.1 Å². The predicted molar refractivity (Wildman–Crippen MR) is 94.3 cm³/mol. The number of benzene rings is 1. The monoisotopic (exact) mass is 345 g/mol. The van der Waals surface area contributed by atoms with Crippen molar-refractivity contribution < 1.29 is 9.53 Å². The summed E-state index contributed by atoms with van der Waals surface area (Å²) in [7, 11) is 0. The van der Waals surface area contributed by atoms with E-state index in [1.165, 1.54) is 0 Å². The summed E-state index contributed by atoms with van der Waals surface area (Å²) in [6.07, 6.45) is 5.70. The van der Waals surface area contributed by atoms with E-state index in [9.17, 15) is 4.79 Å². The van der Waals surface area contributed by atoms with Crippen molar-refractivity contribution in [2.45, 2.75) is 25.5 Å². The van der Waals surface area contributed by atoms with E-state index in [1.54, 1.807) is 30.6 Å². The van der Waals surface area contributed by atoms with Crippen LogP contribution in [0.3, 0.4) is 0 Å². The summed E-state index contributed by atoms with van der Waals surface area (Å²) in [5, 5.41) is 6.84. The van der Waals surface area contributed by atoms with Gasteiger partial charge in [-0.3, -0.25) is 9.78 Å². The van der Waals surface area contributed by atoms with Gasteiger partial charge in [-0.1, -0.05) is 23.7 Å². The molecule has 5 nitrogen and oxygen atoms in total. The lowest BCUT2D eigenvalue weighted by Gasteiger charge is -2.12. The minimum absolute atomic E-state index is 0.154. The lowest BCUT2D eigenvalue weighted by Crippen LogP contribution is -2.23. The molecule has 1 aliphatic heterocycles. The molecule has 1 aliphatic rings. The lowest BCUT2D eigenvalue weighted by molar-refractivity contribution is 0.0950. The highest BCUT2D eigenvalue weighted by molar-refractivity contribution is 6.30. The van der Waals surface area contributed by atoms with Crippen LogP contribution in [0.2, 0.25) is 5.02 Å². The highest BCUT2D eigenvalue weighted by Gasteiger charge is 2.15. The van der Waals surface area contributed by atoms with E-state index < -0.39 is 0 Å². The Morgan fingerprint density at radius 3 is 2.88 bits per heavy atom. The van der Waals surface area contributed by atoms with Crippen molar-refractivity contribution in [3.63, 3.8) is 0 Å². The molecular weight excluding hydrogens is 326 g/mol. The van der Waals surface area contributed by atoms with Gasteiger partial charge in [-0.25, -0.2) is 0 Å². The number of hydrogen-bond donors (Lipinski definition) is 2. The van der Waals surface area contributed by atoms with Gasteiger partial charge in [0.1, 0.15) is 0 Å². The Morgan fingerprint density at radius 1 is 1.29 bits per heavy atom. The Kier molecular flexibility index (Phi) is 5.67. The molecule has 1 saturated heterocycles. The van der Waals surface area contributed by atoms with E-state index >= 15 is 0 Å². The summed E-state index contributed by atoms with van der Waals surface area (Å²) < 4.78 is 5.58. The van der Waals surface area contributed by atoms with Crippen molar-refractivity contribution in [3.8, 4) is 0 Å². The smallest absolute Gasteiger partial charge is 0.253 e. The maximum Gasteiger partial charge on any atom is 0.253 e. The number of amides is 1. The molecule has 1 aromatic carbocycles. The zero-order valence-electron chi connectivity index (χ0n) is 13.3. The first-order valence-electron chi connectivity index (χ1n) is 8.04. The van der Waals surface area contributed by atoms with Crippen LogP contribution >= 0.6 is 11.6 Å². The molecule has 24 heavy (non-hydrogen) atoms. The van der Waals surface area contributed by atoms with E-state index in [1.807, 2.05) is 12.1 Å². The van der Waals surface area contributed by atoms with Crippen LogP contribution in [-0.4, -0.2) is 30.1 Å². The van der Waals surface area contributed by atoms with Crippen LogP contribution in [0.5, 0.6) is 0 Å². The number of carbonyl (C=O) groups excluding carboxylic acids is 1. The molecule has 6 heteroatoms. The summed E-state index contributed by atoms with van der Waals surface area (Å²) in [5.41, 5.74) is 2.35. The van der Waals surface area contributed by atoms with Crippen LogP contribution in [-0.2, 0) is 11.3 Å². The van der Waals surface area contributed by atoms with Crippen LogP contribution in [0, 0.1) is 0 Å². The average Bonchev–Trinajstić information content (AvgIpc) is 3.13. The standard InChI is InChI=1S/C18H20ClN3O2/c19-15-5-3-13(4-6-15)9-22-18(23)14-8-16(11-20-10-14)21-12-17-2-1-7-24-17/h3-6,8,10-11,17,21H,1-2,7,9,12H2,(H,22,23). The predicted octanol–water partition coefficient (Wildman–Crippen LogP) is 3.26. The summed E-state index contributed by atoms with van der Waals surface area (Å²) >= 11 is 5.85. The molecule has 1 aromatic heterocycles. The van der Waals surface area contributed by atoms with Crippen molar-refractivity contribution in [1.29, 1.82) is 0 Å². The molecule has 2 aromatic rings. The molecule has 1 fully saturated rings. The second-order valence-electron chi connectivity index (χ2n) is 5.79. The molecular formula is C18H20ClN3O2. The largest absolute Gasteiger partial charge is 0.381 e. The molecule has 126 valence electrons. The van der Waals surface area contributed by atoms with E-state index in [2.05, 4.69) is 15.6 Å². The van der Waals surface area contributed by atoms with Crippen LogP contribution in [0.25, 0.3) is 0 Å². The third-order valence-electron chi connectivity index (χ3n) is 3.92. The number of carbonyl (C=O) groups is 1. The SMILES string of the molecule is O=C(NCc1ccc(Cl)cc1)c1cncc(NCC2CCCO2)c1. The summed E-state index contributed by atoms with van der Waals surface area (Å²) in [4.78, 5) is 16.4. The fourth-order valence-corrected chi connectivity index (χ4v) is 2.71. The highest BCUT2D eigenvalue weighted by Crippen LogP contribution is 2.14. The minimum atomic E-state index is -0.154. The van der Waals surface area contributed by atoms with Gasteiger partial charge < -0.3 is 15.4 Å². The molecule has 0 spiro atoms. The number of hydrogen-bond acceptors (Lipinski definition) is 4. The first-order chi connectivity index (χ1) is 11.7. The topological polar surface area (TPSA) is 63.2 Å². The Hall–Kier alpha value is -2.11. The van der Waals surface area contributed by atoms with Crippen molar-refractivity contribution in [2.24, 2.45) is 0 Å². The maximum absolute atomic E-state index is 12.3. The fraction of sp³-hybridized carbons (Fsp3) is 0.333. The molecule has 3 rings (SSSR count). The second-order valence-corrected chi connectivity index (χ2v) is 6.22. The average molecular weight is 346 g/mol. The number of rotatable bonds is 6. The molecule has 0 aliphatic carbocycles. The number of pyridine rings is 1. The summed E-state index contributed by atoms with van der Waals surface area (Å²) in [5.74, 6) is -0.154. The molecule has 0 saturated carbocycles. The quantitative estimate of drug-likeness (QED) is 0.843. The summed E-state index contributed by atoms with van der Waals surface area (Å²) in [6, 6.07) is 9.19. The first-order valence-corrected chi connectivity index (χ1v) is 8.42. The number of anilines is 1. The van der Waals surface area contributed by atoms with Crippen molar-refractivity contribution in [2.75, 3.05) is 18.5 Å². The molecule has 2 N–H and O–H groups in total. The van der Waals surface area contributed by atoms with E-state index in [4.69, 9.17) is 16.3 Å². The van der Waals surface area contributed by atoms with Crippen LogP contribution < -0.4 is 10.6 Å². The van der Waals surface area contributed by atoms with Gasteiger partial charge in [0.2, 0.25) is 0 Å². The number of nitrogens with zero attached hydrogens (tertiary/aromatic N) is 1. The summed E-state index contributed by atoms with van der Waals surface area (Å²) in [6.45, 7) is 2.01. The number of halogens is 1. The van der Waals surface area contributed by atoms with Crippen LogP contribution in [0.1, 0.15) is 28.8 Å². The van der Waals surface area contributed by atoms with E-state index in [0.717, 1.165) is 37.2 Å². The Labute approximate surface area is 146 Å². The molecule has 0 bridgehead atoms. The van der Waals surface area contributed by atoms with Crippen molar-refractivity contribution in [1.82, 2.24) is 10.3 Å². The molecule has 1 unspecified atom stereocenters. The number of ether oxygens (including phenoxy) is 1. The van der Waals surface area contributed by atoms with Crippen LogP contribution in [0.4, 0.5) is 5.69 Å². The van der Waals surface area contributed by atoms with Crippen LogP contribution in [0.15, 0.2) is 42.7 Å². The molecule has 1 amide bonds. The zero-order valence-corrected chi connectivity index (χ0v) is 14.1. The van der Waals surface area contributed by atoms with Gasteiger partial charge in [0.05, 0.1) is 17.4 Å².